The summed E-state index contributed by atoms with van der Waals surface area (Å²) in [6.45, 7) is 5.02. The van der Waals surface area contributed by atoms with Crippen molar-refractivity contribution in [2.75, 3.05) is 12.8 Å². The first-order valence-electron chi connectivity index (χ1n) is 5.69. The van der Waals surface area contributed by atoms with Crippen LogP contribution in [0.1, 0.15) is 31.8 Å². The average Bonchev–Trinajstić information content (AvgIpc) is 2.63. The van der Waals surface area contributed by atoms with Crippen molar-refractivity contribution in [3.63, 3.8) is 0 Å². The molecular formula is C12H21NO2S. The minimum absolute atomic E-state index is 0.538. The molecule has 92 valence electrons. The van der Waals surface area contributed by atoms with Gasteiger partial charge < -0.3 is 9.73 Å². The predicted octanol–water partition coefficient (Wildman–Crippen LogP) is 2.29. The SMILES string of the molecule is CNCc1ccc(CS(=O)CCC(C)C)o1. The third-order valence-electron chi connectivity index (χ3n) is 2.29. The molecule has 0 aliphatic heterocycles. The van der Waals surface area contributed by atoms with Crippen molar-refractivity contribution in [3.05, 3.63) is 23.7 Å². The summed E-state index contributed by atoms with van der Waals surface area (Å²) in [6, 6.07) is 3.85. The molecule has 1 unspecified atom stereocenters. The topological polar surface area (TPSA) is 42.2 Å². The van der Waals surface area contributed by atoms with Gasteiger partial charge in [-0.3, -0.25) is 4.21 Å². The Balaban J connectivity index is 2.37. The lowest BCUT2D eigenvalue weighted by molar-refractivity contribution is 0.467. The van der Waals surface area contributed by atoms with Crippen LogP contribution in [-0.2, 0) is 23.1 Å². The fourth-order valence-electron chi connectivity index (χ4n) is 1.37. The van der Waals surface area contributed by atoms with E-state index < -0.39 is 10.8 Å². The summed E-state index contributed by atoms with van der Waals surface area (Å²) in [5, 5.41) is 3.02. The summed E-state index contributed by atoms with van der Waals surface area (Å²) < 4.78 is 17.3. The van der Waals surface area contributed by atoms with Crippen molar-refractivity contribution in [2.24, 2.45) is 5.92 Å². The van der Waals surface area contributed by atoms with Gasteiger partial charge in [-0.05, 0) is 31.5 Å². The molecule has 1 atom stereocenters. The zero-order valence-corrected chi connectivity index (χ0v) is 11.1. The maximum Gasteiger partial charge on any atom is 0.117 e. The van der Waals surface area contributed by atoms with Crippen molar-refractivity contribution in [1.29, 1.82) is 0 Å². The van der Waals surface area contributed by atoms with Crippen molar-refractivity contribution in [1.82, 2.24) is 5.32 Å². The number of hydrogen-bond acceptors (Lipinski definition) is 3. The van der Waals surface area contributed by atoms with Crippen LogP contribution in [0.15, 0.2) is 16.5 Å². The Morgan fingerprint density at radius 1 is 1.38 bits per heavy atom. The lowest BCUT2D eigenvalue weighted by Crippen LogP contribution is -2.04. The Kier molecular flexibility index (Phi) is 5.77. The van der Waals surface area contributed by atoms with Crippen LogP contribution in [0.3, 0.4) is 0 Å². The molecule has 0 aliphatic rings. The van der Waals surface area contributed by atoms with Gasteiger partial charge in [0, 0.05) is 16.6 Å². The number of hydrogen-bond donors (Lipinski definition) is 1. The normalized spacial score (nSPS) is 13.2. The Morgan fingerprint density at radius 2 is 2.06 bits per heavy atom. The fourth-order valence-corrected chi connectivity index (χ4v) is 2.72. The van der Waals surface area contributed by atoms with Gasteiger partial charge in [0.1, 0.15) is 11.5 Å². The van der Waals surface area contributed by atoms with Crippen LogP contribution in [0.5, 0.6) is 0 Å². The molecule has 3 nitrogen and oxygen atoms in total. The second kappa shape index (κ2) is 6.86. The largest absolute Gasteiger partial charge is 0.464 e. The molecule has 0 spiro atoms. The third-order valence-corrected chi connectivity index (χ3v) is 3.59. The zero-order chi connectivity index (χ0) is 12.0. The molecule has 0 radical (unpaired) electrons. The highest BCUT2D eigenvalue weighted by Gasteiger charge is 2.07. The van der Waals surface area contributed by atoms with Gasteiger partial charge in [-0.1, -0.05) is 13.8 Å². The van der Waals surface area contributed by atoms with E-state index in [2.05, 4.69) is 19.2 Å². The predicted molar refractivity (Wildman–Crippen MR) is 67.6 cm³/mol. The summed E-state index contributed by atoms with van der Waals surface area (Å²) in [5.74, 6) is 3.64. The van der Waals surface area contributed by atoms with Crippen molar-refractivity contribution >= 4 is 10.8 Å². The van der Waals surface area contributed by atoms with Crippen LogP contribution >= 0.6 is 0 Å². The number of furan rings is 1. The quantitative estimate of drug-likeness (QED) is 0.799. The Labute approximate surface area is 100 Å². The standard InChI is InChI=1S/C12H21NO2S/c1-10(2)6-7-16(14)9-12-5-4-11(15-12)8-13-3/h4-5,10,13H,6-9H2,1-3H3. The van der Waals surface area contributed by atoms with E-state index in [0.717, 1.165) is 30.2 Å². The van der Waals surface area contributed by atoms with Gasteiger partial charge in [0.2, 0.25) is 0 Å². The van der Waals surface area contributed by atoms with E-state index >= 15 is 0 Å². The molecule has 0 saturated heterocycles. The van der Waals surface area contributed by atoms with Gasteiger partial charge in [0.15, 0.2) is 0 Å². The van der Waals surface area contributed by atoms with Crippen LogP contribution < -0.4 is 5.32 Å². The first-order chi connectivity index (χ1) is 7.61. The monoisotopic (exact) mass is 243 g/mol. The Hall–Kier alpha value is -0.610. The molecule has 0 amide bonds. The van der Waals surface area contributed by atoms with Gasteiger partial charge in [-0.2, -0.15) is 0 Å². The van der Waals surface area contributed by atoms with Gasteiger partial charge in [-0.25, -0.2) is 0 Å². The molecule has 0 saturated carbocycles. The molecule has 4 heteroatoms. The molecule has 0 fully saturated rings. The van der Waals surface area contributed by atoms with E-state index in [9.17, 15) is 4.21 Å². The van der Waals surface area contributed by atoms with Crippen molar-refractivity contribution in [2.45, 2.75) is 32.6 Å². The van der Waals surface area contributed by atoms with E-state index in [1.54, 1.807) is 0 Å². The molecule has 1 aromatic heterocycles. The van der Waals surface area contributed by atoms with Gasteiger partial charge in [0.05, 0.1) is 12.3 Å². The van der Waals surface area contributed by atoms with Crippen LogP contribution in [-0.4, -0.2) is 17.0 Å². The van der Waals surface area contributed by atoms with Gasteiger partial charge in [-0.15, -0.1) is 0 Å². The van der Waals surface area contributed by atoms with Crippen molar-refractivity contribution in [3.8, 4) is 0 Å². The van der Waals surface area contributed by atoms with E-state index in [0.29, 0.717) is 11.7 Å². The maximum atomic E-state index is 11.7. The van der Waals surface area contributed by atoms with E-state index in [-0.39, 0.29) is 0 Å². The molecule has 1 heterocycles. The minimum Gasteiger partial charge on any atom is -0.464 e. The summed E-state index contributed by atoms with van der Waals surface area (Å²) >= 11 is 0. The number of nitrogens with one attached hydrogen (secondary N) is 1. The second-order valence-electron chi connectivity index (χ2n) is 4.37. The summed E-state index contributed by atoms with van der Waals surface area (Å²) in [7, 11) is 1.08. The summed E-state index contributed by atoms with van der Waals surface area (Å²) in [6.07, 6.45) is 1.01. The number of rotatable bonds is 7. The van der Waals surface area contributed by atoms with E-state index in [4.69, 9.17) is 4.42 Å². The third kappa shape index (κ3) is 4.94. The molecule has 16 heavy (non-hydrogen) atoms. The van der Waals surface area contributed by atoms with Crippen LogP contribution in [0.4, 0.5) is 0 Å². The first kappa shape index (κ1) is 13.5. The molecular weight excluding hydrogens is 222 g/mol. The minimum atomic E-state index is -0.796. The van der Waals surface area contributed by atoms with Gasteiger partial charge >= 0.3 is 0 Å². The van der Waals surface area contributed by atoms with Crippen LogP contribution in [0.25, 0.3) is 0 Å². The first-order valence-corrected chi connectivity index (χ1v) is 7.17. The van der Waals surface area contributed by atoms with Crippen molar-refractivity contribution < 1.29 is 8.63 Å². The second-order valence-corrected chi connectivity index (χ2v) is 5.95. The van der Waals surface area contributed by atoms with E-state index in [1.807, 2.05) is 19.2 Å². The lowest BCUT2D eigenvalue weighted by atomic mass is 10.2. The maximum absolute atomic E-state index is 11.7. The van der Waals surface area contributed by atoms with E-state index in [1.165, 1.54) is 0 Å². The highest BCUT2D eigenvalue weighted by molar-refractivity contribution is 7.84. The summed E-state index contributed by atoms with van der Waals surface area (Å²) in [4.78, 5) is 0. The molecule has 0 aromatic carbocycles. The fraction of sp³-hybridized carbons (Fsp3) is 0.667. The Bertz CT molecular complexity index is 334. The van der Waals surface area contributed by atoms with Gasteiger partial charge in [0.25, 0.3) is 0 Å². The molecule has 0 bridgehead atoms. The Morgan fingerprint density at radius 3 is 2.69 bits per heavy atom. The van der Waals surface area contributed by atoms with Crippen LogP contribution in [0, 0.1) is 5.92 Å². The molecule has 1 aromatic rings. The summed E-state index contributed by atoms with van der Waals surface area (Å²) in [5.41, 5.74) is 0. The van der Waals surface area contributed by atoms with Crippen LogP contribution in [0.2, 0.25) is 0 Å². The molecule has 1 rings (SSSR count). The average molecular weight is 243 g/mol. The molecule has 0 aliphatic carbocycles. The zero-order valence-electron chi connectivity index (χ0n) is 10.3. The smallest absolute Gasteiger partial charge is 0.117 e. The highest BCUT2D eigenvalue weighted by atomic mass is 32.2. The molecule has 1 N–H and O–H groups in total. The lowest BCUT2D eigenvalue weighted by Gasteiger charge is -2.03. The highest BCUT2D eigenvalue weighted by Crippen LogP contribution is 2.11.